The van der Waals surface area contributed by atoms with Gasteiger partial charge in [-0.05, 0) is 55.7 Å². The van der Waals surface area contributed by atoms with Crippen molar-refractivity contribution in [1.82, 2.24) is 8.96 Å². The Morgan fingerprint density at radius 1 is 1.00 bits per heavy atom. The Bertz CT molecular complexity index is 1020. The van der Waals surface area contributed by atoms with Crippen LogP contribution in [0.15, 0.2) is 53.4 Å². The van der Waals surface area contributed by atoms with Crippen molar-refractivity contribution in [2.45, 2.75) is 30.7 Å². The number of hydrogen-bond donors (Lipinski definition) is 1. The molecule has 0 radical (unpaired) electrons. The minimum Gasteiger partial charge on any atom is -0.329 e. The Kier molecular flexibility index (Phi) is 4.73. The first-order valence-electron chi connectivity index (χ1n) is 8.87. The van der Waals surface area contributed by atoms with E-state index in [-0.39, 0.29) is 4.90 Å². The van der Waals surface area contributed by atoms with E-state index in [0.717, 1.165) is 13.1 Å². The van der Waals surface area contributed by atoms with E-state index in [1.54, 1.807) is 24.3 Å². The molecule has 5 nitrogen and oxygen atoms in total. The van der Waals surface area contributed by atoms with Gasteiger partial charge in [-0.3, -0.25) is 0 Å². The third-order valence-corrected chi connectivity index (χ3v) is 6.91. The zero-order valence-corrected chi connectivity index (χ0v) is 15.9. The minimum atomic E-state index is -3.74. The van der Waals surface area contributed by atoms with Crippen molar-refractivity contribution >= 4 is 32.7 Å². The van der Waals surface area contributed by atoms with Crippen LogP contribution in [0.2, 0.25) is 5.02 Å². The molecule has 3 aromatic rings. The third-order valence-electron chi connectivity index (χ3n) is 4.91. The van der Waals surface area contributed by atoms with Crippen molar-refractivity contribution in [3.05, 3.63) is 59.4 Å². The van der Waals surface area contributed by atoms with Gasteiger partial charge in [-0.2, -0.15) is 0 Å². The lowest BCUT2D eigenvalue weighted by atomic mass is 10.1. The van der Waals surface area contributed by atoms with E-state index in [4.69, 9.17) is 11.6 Å². The molecule has 1 aliphatic rings. The molecule has 136 valence electrons. The van der Waals surface area contributed by atoms with Crippen molar-refractivity contribution in [2.75, 3.05) is 13.1 Å². The SMILES string of the molecule is O=S(=O)(c1ccc(Cl)cc1)n1c(C[NH+]2CCCCC2)nc2ccccc21. The molecule has 1 fully saturated rings. The van der Waals surface area contributed by atoms with Gasteiger partial charge in [-0.1, -0.05) is 23.7 Å². The van der Waals surface area contributed by atoms with Gasteiger partial charge in [0.25, 0.3) is 10.0 Å². The number of likely N-dealkylation sites (tertiary alicyclic amines) is 1. The summed E-state index contributed by atoms with van der Waals surface area (Å²) >= 11 is 5.92. The highest BCUT2D eigenvalue weighted by Gasteiger charge is 2.27. The summed E-state index contributed by atoms with van der Waals surface area (Å²) in [5.41, 5.74) is 1.32. The van der Waals surface area contributed by atoms with Gasteiger partial charge in [-0.15, -0.1) is 0 Å². The smallest absolute Gasteiger partial charge is 0.269 e. The fraction of sp³-hybridized carbons (Fsp3) is 0.316. The summed E-state index contributed by atoms with van der Waals surface area (Å²) in [5.74, 6) is 0.595. The number of nitrogens with zero attached hydrogens (tertiary/aromatic N) is 2. The molecule has 1 saturated heterocycles. The molecule has 4 rings (SSSR count). The van der Waals surface area contributed by atoms with Crippen molar-refractivity contribution in [3.63, 3.8) is 0 Å². The summed E-state index contributed by atoms with van der Waals surface area (Å²) < 4.78 is 28.1. The van der Waals surface area contributed by atoms with E-state index in [1.807, 2.05) is 24.3 Å². The van der Waals surface area contributed by atoms with E-state index in [2.05, 4.69) is 4.98 Å². The fourth-order valence-corrected chi connectivity index (χ4v) is 5.21. The number of quaternary nitrogens is 1. The van der Waals surface area contributed by atoms with Crippen molar-refractivity contribution in [1.29, 1.82) is 0 Å². The highest BCUT2D eigenvalue weighted by Crippen LogP contribution is 2.24. The molecule has 0 unspecified atom stereocenters. The van der Waals surface area contributed by atoms with Gasteiger partial charge in [0.15, 0.2) is 5.82 Å². The molecule has 0 saturated carbocycles. The van der Waals surface area contributed by atoms with E-state index in [1.165, 1.54) is 28.1 Å². The van der Waals surface area contributed by atoms with Crippen molar-refractivity contribution in [2.24, 2.45) is 0 Å². The zero-order chi connectivity index (χ0) is 18.1. The molecule has 0 amide bonds. The quantitative estimate of drug-likeness (QED) is 0.744. The molecule has 0 atom stereocenters. The van der Waals surface area contributed by atoms with Crippen LogP contribution in [0, 0.1) is 0 Å². The monoisotopic (exact) mass is 390 g/mol. The summed E-state index contributed by atoms with van der Waals surface area (Å²) in [6.07, 6.45) is 3.61. The first-order chi connectivity index (χ1) is 12.6. The van der Waals surface area contributed by atoms with Crippen LogP contribution >= 0.6 is 11.6 Å². The number of benzene rings is 2. The number of hydrogen-bond acceptors (Lipinski definition) is 3. The van der Waals surface area contributed by atoms with Crippen molar-refractivity contribution < 1.29 is 13.3 Å². The zero-order valence-electron chi connectivity index (χ0n) is 14.4. The second kappa shape index (κ2) is 7.02. The Morgan fingerprint density at radius 3 is 2.42 bits per heavy atom. The maximum atomic E-state index is 13.4. The molecule has 26 heavy (non-hydrogen) atoms. The normalized spacial score (nSPS) is 16.2. The molecular weight excluding hydrogens is 370 g/mol. The van der Waals surface area contributed by atoms with Gasteiger partial charge in [0.1, 0.15) is 6.54 Å². The first-order valence-corrected chi connectivity index (χ1v) is 10.7. The van der Waals surface area contributed by atoms with Gasteiger partial charge in [-0.25, -0.2) is 17.4 Å². The lowest BCUT2D eigenvalue weighted by Crippen LogP contribution is -3.11. The number of aromatic nitrogens is 2. The predicted octanol–water partition coefficient (Wildman–Crippen LogP) is 2.50. The molecule has 0 bridgehead atoms. The second-order valence-corrected chi connectivity index (χ2v) is 8.95. The summed E-state index contributed by atoms with van der Waals surface area (Å²) in [6.45, 7) is 2.73. The number of halogens is 1. The average Bonchev–Trinajstić information content (AvgIpc) is 3.01. The summed E-state index contributed by atoms with van der Waals surface area (Å²) in [4.78, 5) is 6.26. The third kappa shape index (κ3) is 3.24. The maximum absolute atomic E-state index is 13.4. The second-order valence-electron chi connectivity index (χ2n) is 6.73. The largest absolute Gasteiger partial charge is 0.329 e. The van der Waals surface area contributed by atoms with Gasteiger partial charge in [0.2, 0.25) is 0 Å². The number of nitrogens with one attached hydrogen (secondary N) is 1. The molecule has 1 aromatic heterocycles. The molecule has 1 aliphatic heterocycles. The molecule has 0 aliphatic carbocycles. The number of para-hydroxylation sites is 2. The van der Waals surface area contributed by atoms with E-state index in [9.17, 15) is 8.42 Å². The summed E-state index contributed by atoms with van der Waals surface area (Å²) in [5, 5.41) is 0.512. The molecule has 1 N–H and O–H groups in total. The summed E-state index contributed by atoms with van der Waals surface area (Å²) in [7, 11) is -3.74. The number of fused-ring (bicyclic) bond motifs is 1. The highest BCUT2D eigenvalue weighted by molar-refractivity contribution is 7.90. The van der Waals surface area contributed by atoms with E-state index < -0.39 is 10.0 Å². The van der Waals surface area contributed by atoms with Crippen molar-refractivity contribution in [3.8, 4) is 0 Å². The van der Waals surface area contributed by atoms with Crippen LogP contribution < -0.4 is 4.90 Å². The van der Waals surface area contributed by atoms with Gasteiger partial charge < -0.3 is 4.90 Å². The topological polar surface area (TPSA) is 56.4 Å². The lowest BCUT2D eigenvalue weighted by Gasteiger charge is -2.23. The Balaban J connectivity index is 1.84. The van der Waals surface area contributed by atoms with E-state index in [0.29, 0.717) is 28.4 Å². The standard InChI is InChI=1S/C19H20ClN3O2S/c20-15-8-10-16(11-9-15)26(24,25)23-18-7-3-2-6-17(18)21-19(23)14-22-12-4-1-5-13-22/h2-3,6-11H,1,4-5,12-14H2/p+1. The number of rotatable bonds is 4. The van der Waals surface area contributed by atoms with Crippen LogP contribution in [0.5, 0.6) is 0 Å². The first kappa shape index (κ1) is 17.5. The Hall–Kier alpha value is -1.89. The molecule has 2 heterocycles. The van der Waals surface area contributed by atoms with Gasteiger partial charge in [0.05, 0.1) is 29.0 Å². The van der Waals surface area contributed by atoms with Crippen LogP contribution in [-0.2, 0) is 16.6 Å². The number of piperidine rings is 1. The predicted molar refractivity (Wildman–Crippen MR) is 102 cm³/mol. The fourth-order valence-electron chi connectivity index (χ4n) is 3.60. The van der Waals surface area contributed by atoms with Crippen LogP contribution in [0.25, 0.3) is 11.0 Å². The maximum Gasteiger partial charge on any atom is 0.269 e. The van der Waals surface area contributed by atoms with Crippen LogP contribution in [0.1, 0.15) is 25.1 Å². The minimum absolute atomic E-state index is 0.222. The Labute approximate surface area is 158 Å². The highest BCUT2D eigenvalue weighted by atomic mass is 35.5. The molecule has 7 heteroatoms. The average molecular weight is 391 g/mol. The molecule has 0 spiro atoms. The van der Waals surface area contributed by atoms with Crippen LogP contribution in [0.3, 0.4) is 0 Å². The molecule has 2 aromatic carbocycles. The Morgan fingerprint density at radius 2 is 1.69 bits per heavy atom. The van der Waals surface area contributed by atoms with Gasteiger partial charge in [0, 0.05) is 5.02 Å². The summed E-state index contributed by atoms with van der Waals surface area (Å²) in [6, 6.07) is 13.7. The van der Waals surface area contributed by atoms with Gasteiger partial charge >= 0.3 is 0 Å². The molecular formula is C19H21ClN3O2S+. The lowest BCUT2D eigenvalue weighted by molar-refractivity contribution is -0.919. The van der Waals surface area contributed by atoms with E-state index >= 15 is 0 Å². The number of imidazole rings is 1. The van der Waals surface area contributed by atoms with Crippen LogP contribution in [-0.4, -0.2) is 30.5 Å². The van der Waals surface area contributed by atoms with Crippen LogP contribution in [0.4, 0.5) is 0 Å².